The summed E-state index contributed by atoms with van der Waals surface area (Å²) in [5, 5.41) is 7.67. The number of nitrogens with zero attached hydrogens (tertiary/aromatic N) is 1. The molecule has 0 saturated carbocycles. The van der Waals surface area contributed by atoms with Crippen molar-refractivity contribution in [2.24, 2.45) is 5.92 Å². The molecule has 1 aliphatic heterocycles. The molecule has 1 aliphatic rings. The van der Waals surface area contributed by atoms with E-state index in [2.05, 4.69) is 10.3 Å². The van der Waals surface area contributed by atoms with Gasteiger partial charge in [0.05, 0.1) is 10.2 Å². The molecule has 9 heteroatoms. The number of anilines is 1. The Balaban J connectivity index is 1.41. The van der Waals surface area contributed by atoms with E-state index < -0.39 is 23.8 Å². The molecule has 1 aromatic heterocycles. The molecule has 29 heavy (non-hydrogen) atoms. The largest absolute Gasteiger partial charge is 0.328 e. The van der Waals surface area contributed by atoms with E-state index in [1.807, 2.05) is 53.1 Å². The number of para-hydroxylation sites is 1. The van der Waals surface area contributed by atoms with Crippen molar-refractivity contribution in [3.05, 3.63) is 48.5 Å². The predicted molar refractivity (Wildman–Crippen MR) is 108 cm³/mol. The van der Waals surface area contributed by atoms with Crippen molar-refractivity contribution in [2.45, 2.75) is 12.8 Å². The van der Waals surface area contributed by atoms with Crippen molar-refractivity contribution < 1.29 is 19.2 Å². The zero-order chi connectivity index (χ0) is 20.4. The van der Waals surface area contributed by atoms with Crippen molar-refractivity contribution in [2.75, 3.05) is 5.32 Å². The lowest BCUT2D eigenvalue weighted by Crippen LogP contribution is -2.55. The monoisotopic (exact) mass is 408 g/mol. The summed E-state index contributed by atoms with van der Waals surface area (Å²) in [6.45, 7) is 0. The van der Waals surface area contributed by atoms with Gasteiger partial charge >= 0.3 is 6.03 Å². The number of rotatable bonds is 5. The van der Waals surface area contributed by atoms with Gasteiger partial charge in [-0.25, -0.2) is 9.78 Å². The predicted octanol–water partition coefficient (Wildman–Crippen LogP) is 2.66. The zero-order valence-corrected chi connectivity index (χ0v) is 15.9. The van der Waals surface area contributed by atoms with Gasteiger partial charge in [-0.1, -0.05) is 24.3 Å². The molecule has 1 fully saturated rings. The molecule has 4 rings (SSSR count). The first-order valence-electron chi connectivity index (χ1n) is 8.91. The van der Waals surface area contributed by atoms with E-state index >= 15 is 0 Å². The van der Waals surface area contributed by atoms with Crippen LogP contribution in [0.5, 0.6) is 0 Å². The minimum Gasteiger partial charge on any atom is -0.326 e. The van der Waals surface area contributed by atoms with Crippen LogP contribution in [0.3, 0.4) is 0 Å². The second kappa shape index (κ2) is 7.80. The molecule has 0 unspecified atom stereocenters. The van der Waals surface area contributed by atoms with E-state index in [0.29, 0.717) is 5.69 Å². The van der Waals surface area contributed by atoms with Crippen molar-refractivity contribution in [1.82, 2.24) is 15.6 Å². The third-order valence-corrected chi connectivity index (χ3v) is 5.54. The quantitative estimate of drug-likeness (QED) is 0.561. The maximum Gasteiger partial charge on any atom is 0.328 e. The summed E-state index contributed by atoms with van der Waals surface area (Å²) in [6, 6.07) is 14.3. The topological polar surface area (TPSA) is 117 Å². The fourth-order valence-corrected chi connectivity index (χ4v) is 4.00. The van der Waals surface area contributed by atoms with E-state index in [4.69, 9.17) is 0 Å². The number of fused-ring (bicyclic) bond motifs is 1. The summed E-state index contributed by atoms with van der Waals surface area (Å²) in [4.78, 5) is 51.4. The lowest BCUT2D eigenvalue weighted by molar-refractivity contribution is -0.136. The number of urea groups is 1. The Morgan fingerprint density at radius 2 is 1.79 bits per heavy atom. The highest BCUT2D eigenvalue weighted by Gasteiger charge is 2.34. The lowest BCUT2D eigenvalue weighted by Gasteiger charge is -2.20. The number of thiazole rings is 1. The van der Waals surface area contributed by atoms with E-state index in [1.54, 1.807) is 17.4 Å². The van der Waals surface area contributed by atoms with Crippen LogP contribution in [-0.4, -0.2) is 28.7 Å². The molecule has 2 aromatic carbocycles. The Bertz CT molecular complexity index is 1090. The van der Waals surface area contributed by atoms with Crippen molar-refractivity contribution >= 4 is 51.0 Å². The fourth-order valence-electron chi connectivity index (χ4n) is 3.04. The second-order valence-corrected chi connectivity index (χ2v) is 7.55. The third-order valence-electron chi connectivity index (χ3n) is 4.45. The van der Waals surface area contributed by atoms with Crippen LogP contribution < -0.4 is 16.0 Å². The number of aromatic nitrogens is 1. The number of nitrogens with one attached hydrogen (secondary N) is 3. The van der Waals surface area contributed by atoms with Gasteiger partial charge in [0.15, 0.2) is 0 Å². The van der Waals surface area contributed by atoms with Gasteiger partial charge in [0.1, 0.15) is 10.9 Å². The first-order valence-corrected chi connectivity index (χ1v) is 9.73. The number of benzene rings is 2. The number of hydrogen-bond acceptors (Lipinski definition) is 6. The van der Waals surface area contributed by atoms with Crippen LogP contribution >= 0.6 is 11.3 Å². The van der Waals surface area contributed by atoms with Crippen LogP contribution in [-0.2, 0) is 14.4 Å². The van der Waals surface area contributed by atoms with Crippen LogP contribution in [0, 0.1) is 5.92 Å². The Morgan fingerprint density at radius 1 is 1.03 bits per heavy atom. The molecule has 1 saturated heterocycles. The molecule has 0 spiro atoms. The molecule has 146 valence electrons. The summed E-state index contributed by atoms with van der Waals surface area (Å²) in [5.74, 6) is -2.77. The van der Waals surface area contributed by atoms with Gasteiger partial charge in [-0.15, -0.1) is 11.3 Å². The summed E-state index contributed by atoms with van der Waals surface area (Å²) >= 11 is 1.57. The van der Waals surface area contributed by atoms with Gasteiger partial charge in [0.2, 0.25) is 17.7 Å². The lowest BCUT2D eigenvalue weighted by atomic mass is 9.99. The average Bonchev–Trinajstić information content (AvgIpc) is 3.11. The van der Waals surface area contributed by atoms with Gasteiger partial charge in [-0.05, 0) is 30.7 Å². The number of amides is 5. The van der Waals surface area contributed by atoms with Crippen molar-refractivity contribution in [1.29, 1.82) is 0 Å². The van der Waals surface area contributed by atoms with Gasteiger partial charge in [-0.3, -0.25) is 25.0 Å². The summed E-state index contributed by atoms with van der Waals surface area (Å²) in [5.41, 5.74) is 2.40. The van der Waals surface area contributed by atoms with Crippen LogP contribution in [0.15, 0.2) is 48.5 Å². The minimum atomic E-state index is -1.06. The number of imide groups is 2. The highest BCUT2D eigenvalue weighted by Crippen LogP contribution is 2.31. The standard InChI is InChI=1S/C20H16N4O4S/c25-16(9-8-13-17(26)23-20(28)24-18(13)27)21-12-5-3-4-11(10-12)19-22-14-6-1-2-7-15(14)29-19/h1-7,10,13H,8-9H2,(H,21,25)(H2,23,24,26,27,28). The smallest absolute Gasteiger partial charge is 0.326 e. The maximum atomic E-state index is 12.3. The summed E-state index contributed by atoms with van der Waals surface area (Å²) in [6.07, 6.45) is -0.0284. The Kier molecular flexibility index (Phi) is 5.05. The number of barbiturate groups is 1. The summed E-state index contributed by atoms with van der Waals surface area (Å²) < 4.78 is 1.08. The molecule has 0 aliphatic carbocycles. The maximum absolute atomic E-state index is 12.3. The first-order chi connectivity index (χ1) is 14.0. The zero-order valence-electron chi connectivity index (χ0n) is 15.1. The number of carbonyl (C=O) groups excluding carboxylic acids is 4. The average molecular weight is 408 g/mol. The Labute approximate surface area is 169 Å². The molecule has 0 atom stereocenters. The first kappa shape index (κ1) is 18.8. The van der Waals surface area contributed by atoms with Gasteiger partial charge in [0, 0.05) is 17.7 Å². The van der Waals surface area contributed by atoms with E-state index in [9.17, 15) is 19.2 Å². The third kappa shape index (κ3) is 4.14. The molecular weight excluding hydrogens is 392 g/mol. The highest BCUT2D eigenvalue weighted by molar-refractivity contribution is 7.21. The number of carbonyl (C=O) groups is 4. The molecule has 2 heterocycles. The van der Waals surface area contributed by atoms with E-state index in [1.165, 1.54) is 0 Å². The van der Waals surface area contributed by atoms with Crippen LogP contribution in [0.1, 0.15) is 12.8 Å². The fraction of sp³-hybridized carbons (Fsp3) is 0.150. The molecule has 3 N–H and O–H groups in total. The Hall–Kier alpha value is -3.59. The summed E-state index contributed by atoms with van der Waals surface area (Å²) in [7, 11) is 0. The molecule has 0 bridgehead atoms. The number of hydrogen-bond donors (Lipinski definition) is 3. The van der Waals surface area contributed by atoms with Gasteiger partial charge < -0.3 is 5.32 Å². The van der Waals surface area contributed by atoms with E-state index in [-0.39, 0.29) is 18.7 Å². The SMILES string of the molecule is O=C(CCC1C(=O)NC(=O)NC1=O)Nc1cccc(-c2nc3ccccc3s2)c1. The molecule has 0 radical (unpaired) electrons. The van der Waals surface area contributed by atoms with Crippen LogP contribution in [0.2, 0.25) is 0 Å². The van der Waals surface area contributed by atoms with Crippen molar-refractivity contribution in [3.63, 3.8) is 0 Å². The molecular formula is C20H16N4O4S. The Morgan fingerprint density at radius 3 is 2.55 bits per heavy atom. The minimum absolute atomic E-state index is 0.00827. The normalized spacial score (nSPS) is 14.6. The molecule has 3 aromatic rings. The highest BCUT2D eigenvalue weighted by atomic mass is 32.1. The van der Waals surface area contributed by atoms with Crippen LogP contribution in [0.25, 0.3) is 20.8 Å². The van der Waals surface area contributed by atoms with Gasteiger partial charge in [0.25, 0.3) is 0 Å². The second-order valence-electron chi connectivity index (χ2n) is 6.51. The molecule has 8 nitrogen and oxygen atoms in total. The van der Waals surface area contributed by atoms with E-state index in [0.717, 1.165) is 20.8 Å². The molecule has 5 amide bonds. The van der Waals surface area contributed by atoms with Crippen molar-refractivity contribution in [3.8, 4) is 10.6 Å². The van der Waals surface area contributed by atoms with Gasteiger partial charge in [-0.2, -0.15) is 0 Å². The van der Waals surface area contributed by atoms with Crippen LogP contribution in [0.4, 0.5) is 10.5 Å².